The van der Waals surface area contributed by atoms with Crippen LogP contribution in [0.5, 0.6) is 5.75 Å². The number of hydrogen-bond donors (Lipinski definition) is 2. The zero-order valence-corrected chi connectivity index (χ0v) is 22.9. The van der Waals surface area contributed by atoms with Gasteiger partial charge in [-0.25, -0.2) is 0 Å². The number of amides is 2. The number of thioether (sulfide) groups is 1. The molecule has 0 fully saturated rings. The van der Waals surface area contributed by atoms with Crippen LogP contribution in [-0.4, -0.2) is 38.9 Å². The van der Waals surface area contributed by atoms with Gasteiger partial charge in [-0.15, -0.1) is 10.2 Å². The summed E-state index contributed by atoms with van der Waals surface area (Å²) < 4.78 is 8.30. The Kier molecular flexibility index (Phi) is 9.33. The molecule has 8 nitrogen and oxygen atoms in total. The fourth-order valence-electron chi connectivity index (χ4n) is 3.36. The zero-order chi connectivity index (χ0) is 25.5. The molecule has 0 aliphatic heterocycles. The molecule has 0 bridgehead atoms. The third kappa shape index (κ3) is 7.57. The quantitative estimate of drug-likeness (QED) is 0.348. The summed E-state index contributed by atoms with van der Waals surface area (Å²) in [4.78, 5) is 24.7. The van der Waals surface area contributed by atoms with Crippen LogP contribution in [0.4, 0.5) is 5.69 Å². The zero-order valence-electron chi connectivity index (χ0n) is 20.5. The van der Waals surface area contributed by atoms with E-state index in [0.717, 1.165) is 21.3 Å². The molecule has 186 valence electrons. The Morgan fingerprint density at radius 3 is 2.37 bits per heavy atom. The summed E-state index contributed by atoms with van der Waals surface area (Å²) in [6.45, 7) is 8.28. The van der Waals surface area contributed by atoms with E-state index in [0.29, 0.717) is 22.6 Å². The molecule has 2 aromatic carbocycles. The van der Waals surface area contributed by atoms with Gasteiger partial charge in [-0.2, -0.15) is 0 Å². The normalized spacial score (nSPS) is 10.9. The molecule has 0 saturated carbocycles. The Hall–Kier alpha value is -2.85. The molecule has 0 atom stereocenters. The monoisotopic (exact) mass is 559 g/mol. The fraction of sp³-hybridized carbons (Fsp3) is 0.360. The second-order valence-electron chi connectivity index (χ2n) is 8.50. The lowest BCUT2D eigenvalue weighted by Crippen LogP contribution is -2.29. The summed E-state index contributed by atoms with van der Waals surface area (Å²) in [7, 11) is 1.80. The van der Waals surface area contributed by atoms with Crippen molar-refractivity contribution in [3.8, 4) is 5.75 Å². The van der Waals surface area contributed by atoms with Gasteiger partial charge in [0.2, 0.25) is 5.91 Å². The summed E-state index contributed by atoms with van der Waals surface area (Å²) in [5.41, 5.74) is 4.01. The number of benzene rings is 2. The highest BCUT2D eigenvalue weighted by Crippen LogP contribution is 2.26. The molecular formula is C25H30BrN5O3S. The molecule has 3 rings (SSSR count). The highest BCUT2D eigenvalue weighted by Gasteiger charge is 2.14. The second kappa shape index (κ2) is 12.2. The summed E-state index contributed by atoms with van der Waals surface area (Å²) in [5, 5.41) is 14.6. The number of aromatic nitrogens is 3. The van der Waals surface area contributed by atoms with Gasteiger partial charge in [-0.3, -0.25) is 9.59 Å². The molecule has 10 heteroatoms. The summed E-state index contributed by atoms with van der Waals surface area (Å²) in [6, 6.07) is 11.7. The number of ether oxygens (including phenoxy) is 1. The van der Waals surface area contributed by atoms with Crippen LogP contribution in [0.25, 0.3) is 0 Å². The Morgan fingerprint density at radius 1 is 1.09 bits per heavy atom. The highest BCUT2D eigenvalue weighted by atomic mass is 79.9. The minimum absolute atomic E-state index is 0.0878. The van der Waals surface area contributed by atoms with Crippen LogP contribution in [0.2, 0.25) is 0 Å². The SMILES string of the molecule is Cc1cc(Br)cc(C)c1NC(=O)CSc1nnc(CNC(=O)COc2ccc(C(C)C)cc2)n1C. The molecular weight excluding hydrogens is 530 g/mol. The molecule has 0 aliphatic rings. The third-order valence-corrected chi connectivity index (χ3v) is 6.86. The van der Waals surface area contributed by atoms with Gasteiger partial charge in [0.25, 0.3) is 5.91 Å². The van der Waals surface area contributed by atoms with Gasteiger partial charge >= 0.3 is 0 Å². The Bertz CT molecular complexity index is 1170. The van der Waals surface area contributed by atoms with Crippen molar-refractivity contribution < 1.29 is 14.3 Å². The largest absolute Gasteiger partial charge is 0.484 e. The van der Waals surface area contributed by atoms with Crippen molar-refractivity contribution >= 4 is 45.2 Å². The van der Waals surface area contributed by atoms with Crippen molar-refractivity contribution in [3.05, 3.63) is 63.4 Å². The molecule has 0 radical (unpaired) electrons. The van der Waals surface area contributed by atoms with Crippen molar-refractivity contribution in [2.24, 2.45) is 7.05 Å². The Balaban J connectivity index is 1.45. The number of halogens is 1. The van der Waals surface area contributed by atoms with E-state index in [2.05, 4.69) is 50.6 Å². The van der Waals surface area contributed by atoms with Crippen molar-refractivity contribution in [2.45, 2.75) is 45.3 Å². The average molecular weight is 561 g/mol. The highest BCUT2D eigenvalue weighted by molar-refractivity contribution is 9.10. The second-order valence-corrected chi connectivity index (χ2v) is 10.4. The molecule has 0 spiro atoms. The van der Waals surface area contributed by atoms with E-state index in [4.69, 9.17) is 4.74 Å². The lowest BCUT2D eigenvalue weighted by atomic mass is 10.0. The maximum atomic E-state index is 12.5. The van der Waals surface area contributed by atoms with Gasteiger partial charge < -0.3 is 19.9 Å². The van der Waals surface area contributed by atoms with Crippen molar-refractivity contribution in [1.82, 2.24) is 20.1 Å². The van der Waals surface area contributed by atoms with E-state index in [1.54, 1.807) is 11.6 Å². The fourth-order valence-corrected chi connectivity index (χ4v) is 4.78. The topological polar surface area (TPSA) is 98.1 Å². The molecule has 0 saturated heterocycles. The molecule has 2 amide bonds. The first kappa shape index (κ1) is 26.7. The van der Waals surface area contributed by atoms with Crippen molar-refractivity contribution in [3.63, 3.8) is 0 Å². The first-order valence-electron chi connectivity index (χ1n) is 11.2. The standard InChI is InChI=1S/C25H30BrN5O3S/c1-15(2)18-6-8-20(9-7-18)34-13-22(32)27-12-21-29-30-25(31(21)5)35-14-23(33)28-24-16(3)10-19(26)11-17(24)4/h6-11,15H,12-14H2,1-5H3,(H,27,32)(H,28,33). The molecule has 3 aromatic rings. The molecule has 1 heterocycles. The van der Waals surface area contributed by atoms with Crippen LogP contribution in [-0.2, 0) is 23.2 Å². The number of hydrogen-bond acceptors (Lipinski definition) is 6. The molecule has 0 aliphatic carbocycles. The van der Waals surface area contributed by atoms with Crippen molar-refractivity contribution in [1.29, 1.82) is 0 Å². The number of rotatable bonds is 10. The minimum atomic E-state index is -0.255. The predicted molar refractivity (Wildman–Crippen MR) is 142 cm³/mol. The predicted octanol–water partition coefficient (Wildman–Crippen LogP) is 4.74. The lowest BCUT2D eigenvalue weighted by Gasteiger charge is -2.12. The van der Waals surface area contributed by atoms with Crippen LogP contribution >= 0.6 is 27.7 Å². The molecule has 2 N–H and O–H groups in total. The smallest absolute Gasteiger partial charge is 0.258 e. The number of carbonyl (C=O) groups is 2. The average Bonchev–Trinajstić information content (AvgIpc) is 3.16. The van der Waals surface area contributed by atoms with Crippen LogP contribution < -0.4 is 15.4 Å². The van der Waals surface area contributed by atoms with E-state index in [1.807, 2.05) is 50.2 Å². The summed E-state index contributed by atoms with van der Waals surface area (Å²) in [6.07, 6.45) is 0. The molecule has 0 unspecified atom stereocenters. The third-order valence-electron chi connectivity index (χ3n) is 5.38. The van der Waals surface area contributed by atoms with Crippen LogP contribution in [0.1, 0.15) is 42.3 Å². The van der Waals surface area contributed by atoms with E-state index < -0.39 is 0 Å². The van der Waals surface area contributed by atoms with E-state index in [1.165, 1.54) is 17.3 Å². The Labute approximate surface area is 218 Å². The number of anilines is 1. The van der Waals surface area contributed by atoms with Gasteiger partial charge in [0.05, 0.1) is 12.3 Å². The van der Waals surface area contributed by atoms with E-state index in [9.17, 15) is 9.59 Å². The first-order valence-corrected chi connectivity index (χ1v) is 13.0. The number of aryl methyl sites for hydroxylation is 2. The van der Waals surface area contributed by atoms with Gasteiger partial charge in [0.1, 0.15) is 5.75 Å². The molecule has 35 heavy (non-hydrogen) atoms. The van der Waals surface area contributed by atoms with Crippen molar-refractivity contribution in [2.75, 3.05) is 17.7 Å². The first-order chi connectivity index (χ1) is 16.6. The minimum Gasteiger partial charge on any atom is -0.484 e. The summed E-state index contributed by atoms with van der Waals surface area (Å²) >= 11 is 4.75. The summed E-state index contributed by atoms with van der Waals surface area (Å²) in [5.74, 6) is 1.48. The maximum absolute atomic E-state index is 12.5. The number of carbonyl (C=O) groups excluding carboxylic acids is 2. The van der Waals surface area contributed by atoms with Gasteiger partial charge in [0, 0.05) is 17.2 Å². The Morgan fingerprint density at radius 2 is 1.74 bits per heavy atom. The van der Waals surface area contributed by atoms with E-state index >= 15 is 0 Å². The number of nitrogens with zero attached hydrogens (tertiary/aromatic N) is 3. The van der Waals surface area contributed by atoms with Crippen LogP contribution in [0.3, 0.4) is 0 Å². The van der Waals surface area contributed by atoms with Crippen LogP contribution in [0.15, 0.2) is 46.0 Å². The lowest BCUT2D eigenvalue weighted by molar-refractivity contribution is -0.123. The van der Waals surface area contributed by atoms with Gasteiger partial charge in [-0.05, 0) is 60.7 Å². The van der Waals surface area contributed by atoms with Crippen LogP contribution in [0, 0.1) is 13.8 Å². The molecule has 1 aromatic heterocycles. The van der Waals surface area contributed by atoms with Gasteiger partial charge in [-0.1, -0.05) is 53.7 Å². The number of nitrogens with one attached hydrogen (secondary N) is 2. The van der Waals surface area contributed by atoms with Gasteiger partial charge in [0.15, 0.2) is 17.6 Å². The maximum Gasteiger partial charge on any atom is 0.258 e. The van der Waals surface area contributed by atoms with E-state index in [-0.39, 0.29) is 30.7 Å².